The lowest BCUT2D eigenvalue weighted by molar-refractivity contribution is 0.152. The summed E-state index contributed by atoms with van der Waals surface area (Å²) in [6.45, 7) is 0. The molecule has 20 heavy (non-hydrogen) atoms. The third-order valence-corrected chi connectivity index (χ3v) is 3.15. The molecule has 0 amide bonds. The molecule has 3 nitrogen and oxygen atoms in total. The van der Waals surface area contributed by atoms with Gasteiger partial charge in [0.05, 0.1) is 11.3 Å². The minimum Gasteiger partial charge on any atom is -0.338 e. The van der Waals surface area contributed by atoms with E-state index < -0.39 is 6.43 Å². The van der Waals surface area contributed by atoms with Gasteiger partial charge < -0.3 is 4.98 Å². The van der Waals surface area contributed by atoms with Crippen LogP contribution >= 0.6 is 0 Å². The molecule has 0 atom stereocenters. The van der Waals surface area contributed by atoms with Crippen molar-refractivity contribution in [1.29, 1.82) is 5.26 Å². The van der Waals surface area contributed by atoms with Gasteiger partial charge in [-0.2, -0.15) is 5.26 Å². The summed E-state index contributed by atoms with van der Waals surface area (Å²) < 4.78 is 26.2. The van der Waals surface area contributed by atoms with Crippen LogP contribution in [0.2, 0.25) is 0 Å². The van der Waals surface area contributed by atoms with Crippen molar-refractivity contribution in [2.24, 2.45) is 0 Å². The Morgan fingerprint density at radius 2 is 1.95 bits per heavy atom. The number of H-pyrrole nitrogens is 1. The lowest BCUT2D eigenvalue weighted by atomic mass is 10.0. The van der Waals surface area contributed by atoms with Gasteiger partial charge in [0.2, 0.25) is 0 Å². The molecule has 2 aromatic heterocycles. The van der Waals surface area contributed by atoms with Gasteiger partial charge in [0, 0.05) is 22.7 Å². The molecule has 0 radical (unpaired) electrons. The Balaban J connectivity index is 2.33. The van der Waals surface area contributed by atoms with Crippen molar-refractivity contribution in [1.82, 2.24) is 9.97 Å². The van der Waals surface area contributed by atoms with Gasteiger partial charge >= 0.3 is 0 Å². The van der Waals surface area contributed by atoms with Gasteiger partial charge in [-0.1, -0.05) is 24.3 Å². The van der Waals surface area contributed by atoms with E-state index in [0.29, 0.717) is 27.9 Å². The third-order valence-electron chi connectivity index (χ3n) is 3.15. The molecular weight excluding hydrogens is 260 g/mol. The summed E-state index contributed by atoms with van der Waals surface area (Å²) in [6.07, 6.45) is -1.01. The number of pyridine rings is 1. The lowest BCUT2D eigenvalue weighted by Crippen LogP contribution is -1.91. The van der Waals surface area contributed by atoms with E-state index in [9.17, 15) is 14.0 Å². The van der Waals surface area contributed by atoms with Crippen LogP contribution in [-0.2, 0) is 0 Å². The van der Waals surface area contributed by atoms with Crippen LogP contribution in [0.3, 0.4) is 0 Å². The topological polar surface area (TPSA) is 52.5 Å². The maximum atomic E-state index is 13.1. The summed E-state index contributed by atoms with van der Waals surface area (Å²) in [5, 5.41) is 9.94. The standard InChI is InChI=1S/C15H9F2N3/c16-14(17)10-5-2-1-4-9(10)13-12(8-18)11-6-3-7-19-15(11)20-13/h1-7,14H,(H,19,20). The van der Waals surface area contributed by atoms with E-state index in [4.69, 9.17) is 0 Å². The molecule has 0 aliphatic heterocycles. The molecule has 0 saturated heterocycles. The number of nitriles is 1. The second-order valence-corrected chi connectivity index (χ2v) is 4.27. The maximum absolute atomic E-state index is 13.1. The third kappa shape index (κ3) is 1.82. The Morgan fingerprint density at radius 3 is 2.70 bits per heavy atom. The first-order valence-electron chi connectivity index (χ1n) is 5.96. The highest BCUT2D eigenvalue weighted by molar-refractivity contribution is 5.91. The Kier molecular flexibility index (Phi) is 2.92. The molecule has 0 saturated carbocycles. The maximum Gasteiger partial charge on any atom is 0.264 e. The zero-order valence-electron chi connectivity index (χ0n) is 10.3. The van der Waals surface area contributed by atoms with Crippen molar-refractivity contribution in [3.8, 4) is 17.3 Å². The number of aromatic amines is 1. The van der Waals surface area contributed by atoms with E-state index in [2.05, 4.69) is 16.0 Å². The van der Waals surface area contributed by atoms with E-state index in [1.807, 2.05) is 0 Å². The van der Waals surface area contributed by atoms with Crippen LogP contribution in [0.25, 0.3) is 22.3 Å². The van der Waals surface area contributed by atoms with Crippen LogP contribution in [0, 0.1) is 11.3 Å². The SMILES string of the molecule is N#Cc1c(-c2ccccc2C(F)F)[nH]c2ncccc12. The van der Waals surface area contributed by atoms with Crippen LogP contribution in [0.5, 0.6) is 0 Å². The van der Waals surface area contributed by atoms with Gasteiger partial charge in [-0.3, -0.25) is 0 Å². The highest BCUT2D eigenvalue weighted by Crippen LogP contribution is 2.34. The first-order valence-corrected chi connectivity index (χ1v) is 5.96. The second-order valence-electron chi connectivity index (χ2n) is 4.27. The van der Waals surface area contributed by atoms with E-state index in [0.717, 1.165) is 0 Å². The molecule has 0 aliphatic rings. The zero-order valence-corrected chi connectivity index (χ0v) is 10.3. The number of aromatic nitrogens is 2. The van der Waals surface area contributed by atoms with Crippen molar-refractivity contribution in [2.45, 2.75) is 6.43 Å². The first-order chi connectivity index (χ1) is 9.72. The Hall–Kier alpha value is -2.74. The fourth-order valence-electron chi connectivity index (χ4n) is 2.26. The first kappa shape index (κ1) is 12.3. The normalized spacial score (nSPS) is 10.9. The molecule has 1 aromatic carbocycles. The number of fused-ring (bicyclic) bond motifs is 1. The summed E-state index contributed by atoms with van der Waals surface area (Å²) in [7, 11) is 0. The number of hydrogen-bond acceptors (Lipinski definition) is 2. The number of hydrogen-bond donors (Lipinski definition) is 1. The molecule has 3 aromatic rings. The summed E-state index contributed by atoms with van der Waals surface area (Å²) in [4.78, 5) is 7.08. The summed E-state index contributed by atoms with van der Waals surface area (Å²) in [5.41, 5.74) is 1.47. The van der Waals surface area contributed by atoms with Gasteiger partial charge in [0.15, 0.2) is 0 Å². The van der Waals surface area contributed by atoms with E-state index in [1.54, 1.807) is 36.5 Å². The van der Waals surface area contributed by atoms with Crippen LogP contribution in [0.15, 0.2) is 42.6 Å². The minimum atomic E-state index is -2.60. The van der Waals surface area contributed by atoms with Crippen molar-refractivity contribution >= 4 is 11.0 Å². The fraction of sp³-hybridized carbons (Fsp3) is 0.0667. The van der Waals surface area contributed by atoms with Gasteiger partial charge in [-0.05, 0) is 12.1 Å². The van der Waals surface area contributed by atoms with Crippen LogP contribution in [-0.4, -0.2) is 9.97 Å². The highest BCUT2D eigenvalue weighted by atomic mass is 19.3. The quantitative estimate of drug-likeness (QED) is 0.763. The van der Waals surface area contributed by atoms with Crippen molar-refractivity contribution in [3.05, 3.63) is 53.7 Å². The molecule has 3 rings (SSSR count). The van der Waals surface area contributed by atoms with E-state index in [-0.39, 0.29) is 5.56 Å². The smallest absolute Gasteiger partial charge is 0.264 e. The average molecular weight is 269 g/mol. The molecule has 0 bridgehead atoms. The number of halogens is 2. The van der Waals surface area contributed by atoms with Gasteiger partial charge in [0.25, 0.3) is 6.43 Å². The molecule has 5 heteroatoms. The lowest BCUT2D eigenvalue weighted by Gasteiger charge is -2.07. The van der Waals surface area contributed by atoms with Crippen LogP contribution in [0.4, 0.5) is 8.78 Å². The van der Waals surface area contributed by atoms with Crippen LogP contribution < -0.4 is 0 Å². The fourth-order valence-corrected chi connectivity index (χ4v) is 2.26. The predicted octanol–water partition coefficient (Wildman–Crippen LogP) is 4.04. The van der Waals surface area contributed by atoms with Crippen molar-refractivity contribution in [3.63, 3.8) is 0 Å². The summed E-state index contributed by atoms with van der Waals surface area (Å²) >= 11 is 0. The molecule has 2 heterocycles. The summed E-state index contributed by atoms with van der Waals surface area (Å²) in [5.74, 6) is 0. The largest absolute Gasteiger partial charge is 0.338 e. The monoisotopic (exact) mass is 269 g/mol. The predicted molar refractivity (Wildman–Crippen MR) is 71.2 cm³/mol. The summed E-state index contributed by atoms with van der Waals surface area (Å²) in [6, 6.07) is 11.7. The number of alkyl halides is 2. The van der Waals surface area contributed by atoms with Crippen molar-refractivity contribution < 1.29 is 8.78 Å². The number of benzene rings is 1. The minimum absolute atomic E-state index is 0.101. The molecule has 98 valence electrons. The second kappa shape index (κ2) is 4.74. The van der Waals surface area contributed by atoms with Gasteiger partial charge in [-0.25, -0.2) is 13.8 Å². The molecule has 0 spiro atoms. The number of nitrogens with one attached hydrogen (secondary N) is 1. The molecule has 1 N–H and O–H groups in total. The highest BCUT2D eigenvalue weighted by Gasteiger charge is 2.19. The van der Waals surface area contributed by atoms with Gasteiger partial charge in [0.1, 0.15) is 11.7 Å². The molecule has 0 unspecified atom stereocenters. The zero-order chi connectivity index (χ0) is 14.1. The van der Waals surface area contributed by atoms with Gasteiger partial charge in [-0.15, -0.1) is 0 Å². The van der Waals surface area contributed by atoms with E-state index >= 15 is 0 Å². The molecule has 0 aliphatic carbocycles. The molecule has 0 fully saturated rings. The number of rotatable bonds is 2. The Bertz CT molecular complexity index is 815. The molecular formula is C15H9F2N3. The van der Waals surface area contributed by atoms with Crippen molar-refractivity contribution in [2.75, 3.05) is 0 Å². The average Bonchev–Trinajstić information content (AvgIpc) is 2.85. The Morgan fingerprint density at radius 1 is 1.15 bits per heavy atom. The Labute approximate surface area is 113 Å². The van der Waals surface area contributed by atoms with Crippen LogP contribution in [0.1, 0.15) is 17.6 Å². The number of nitrogens with zero attached hydrogens (tertiary/aromatic N) is 2. The van der Waals surface area contributed by atoms with E-state index in [1.165, 1.54) is 6.07 Å².